The molecule has 0 spiro atoms. The van der Waals surface area contributed by atoms with Crippen molar-refractivity contribution in [3.05, 3.63) is 34.6 Å². The van der Waals surface area contributed by atoms with Crippen LogP contribution in [0.2, 0.25) is 0 Å². The Balaban J connectivity index is 2.06. The molecule has 24 heavy (non-hydrogen) atoms. The Morgan fingerprint density at radius 3 is 2.83 bits per heavy atom. The molecule has 8 nitrogen and oxygen atoms in total. The van der Waals surface area contributed by atoms with Gasteiger partial charge < -0.3 is 9.40 Å². The van der Waals surface area contributed by atoms with Crippen LogP contribution in [0.25, 0.3) is 28.5 Å². The van der Waals surface area contributed by atoms with Crippen LogP contribution in [0.3, 0.4) is 0 Å². The van der Waals surface area contributed by atoms with Crippen molar-refractivity contribution in [2.24, 2.45) is 0 Å². The van der Waals surface area contributed by atoms with Crippen molar-refractivity contribution >= 4 is 16.9 Å². The second kappa shape index (κ2) is 5.63. The van der Waals surface area contributed by atoms with Crippen LogP contribution in [-0.4, -0.2) is 29.1 Å². The number of rotatable bonds is 5. The molecule has 4 aromatic rings. The molecule has 0 bridgehead atoms. The number of H-pyrrole nitrogens is 1. The SMILES string of the molecule is CCCc1nc2c([nH]1)c(=O)n(CCC)c1nc(-c3ccco3)nn21. The Hall–Kier alpha value is -2.90. The zero-order valence-electron chi connectivity index (χ0n) is 13.6. The van der Waals surface area contributed by atoms with Gasteiger partial charge in [-0.1, -0.05) is 13.8 Å². The summed E-state index contributed by atoms with van der Waals surface area (Å²) in [5.74, 6) is 2.27. The third kappa shape index (κ3) is 2.14. The van der Waals surface area contributed by atoms with Crippen molar-refractivity contribution in [1.29, 1.82) is 0 Å². The molecule has 8 heteroatoms. The summed E-state index contributed by atoms with van der Waals surface area (Å²) >= 11 is 0. The van der Waals surface area contributed by atoms with E-state index in [1.807, 2.05) is 6.92 Å². The standard InChI is InChI=1S/C16H18N6O2/c1-3-6-11-17-12-14(18-11)22-16(21(8-4-2)15(12)23)19-13(20-22)10-7-5-9-24-10/h5,7,9H,3-4,6,8H2,1-2H3,(H,17,18). The van der Waals surface area contributed by atoms with E-state index in [2.05, 4.69) is 27.0 Å². The Bertz CT molecular complexity index is 1050. The highest BCUT2D eigenvalue weighted by molar-refractivity contribution is 5.73. The van der Waals surface area contributed by atoms with Crippen LogP contribution in [0.15, 0.2) is 27.6 Å². The Kier molecular flexibility index (Phi) is 3.44. The Morgan fingerprint density at radius 2 is 2.12 bits per heavy atom. The van der Waals surface area contributed by atoms with E-state index in [0.29, 0.717) is 35.1 Å². The maximum absolute atomic E-state index is 12.8. The van der Waals surface area contributed by atoms with Gasteiger partial charge in [0.05, 0.1) is 6.26 Å². The van der Waals surface area contributed by atoms with Gasteiger partial charge in [0.1, 0.15) is 5.82 Å². The predicted octanol–water partition coefficient (Wildman–Crippen LogP) is 2.39. The van der Waals surface area contributed by atoms with Gasteiger partial charge in [-0.25, -0.2) is 4.98 Å². The van der Waals surface area contributed by atoms with Gasteiger partial charge in [-0.05, 0) is 25.0 Å². The first-order valence-corrected chi connectivity index (χ1v) is 8.15. The summed E-state index contributed by atoms with van der Waals surface area (Å²) in [6.45, 7) is 4.66. The highest BCUT2D eigenvalue weighted by Gasteiger charge is 2.19. The molecule has 4 heterocycles. The van der Waals surface area contributed by atoms with E-state index in [-0.39, 0.29) is 5.56 Å². The smallest absolute Gasteiger partial charge is 0.281 e. The van der Waals surface area contributed by atoms with E-state index in [0.717, 1.165) is 25.1 Å². The van der Waals surface area contributed by atoms with E-state index >= 15 is 0 Å². The number of hydrogen-bond donors (Lipinski definition) is 1. The number of aromatic amines is 1. The van der Waals surface area contributed by atoms with E-state index in [1.54, 1.807) is 27.5 Å². The van der Waals surface area contributed by atoms with Crippen LogP contribution in [0, 0.1) is 0 Å². The molecule has 0 saturated heterocycles. The zero-order chi connectivity index (χ0) is 16.7. The number of furan rings is 1. The summed E-state index contributed by atoms with van der Waals surface area (Å²) < 4.78 is 8.64. The molecule has 1 N–H and O–H groups in total. The van der Waals surface area contributed by atoms with Gasteiger partial charge in [0.2, 0.25) is 11.6 Å². The quantitative estimate of drug-likeness (QED) is 0.608. The summed E-state index contributed by atoms with van der Waals surface area (Å²) in [6, 6.07) is 3.57. The largest absolute Gasteiger partial charge is 0.461 e. The predicted molar refractivity (Wildman–Crippen MR) is 88.9 cm³/mol. The Morgan fingerprint density at radius 1 is 1.25 bits per heavy atom. The molecule has 124 valence electrons. The summed E-state index contributed by atoms with van der Waals surface area (Å²) in [5, 5.41) is 4.51. The number of imidazole rings is 1. The van der Waals surface area contributed by atoms with E-state index in [1.165, 1.54) is 0 Å². The van der Waals surface area contributed by atoms with Crippen LogP contribution in [0.1, 0.15) is 32.5 Å². The molecule has 0 radical (unpaired) electrons. The number of nitrogens with one attached hydrogen (secondary N) is 1. The number of aryl methyl sites for hydroxylation is 2. The van der Waals surface area contributed by atoms with Gasteiger partial charge in [0, 0.05) is 13.0 Å². The van der Waals surface area contributed by atoms with E-state index in [9.17, 15) is 4.79 Å². The molecule has 0 aliphatic rings. The first-order chi connectivity index (χ1) is 11.7. The van der Waals surface area contributed by atoms with E-state index < -0.39 is 0 Å². The van der Waals surface area contributed by atoms with Gasteiger partial charge in [-0.3, -0.25) is 9.36 Å². The maximum Gasteiger partial charge on any atom is 0.281 e. The van der Waals surface area contributed by atoms with Crippen LogP contribution < -0.4 is 5.56 Å². The minimum Gasteiger partial charge on any atom is -0.461 e. The Labute approximate surface area is 137 Å². The summed E-state index contributed by atoms with van der Waals surface area (Å²) in [5.41, 5.74) is 0.860. The molecule has 0 amide bonds. The fourth-order valence-corrected chi connectivity index (χ4v) is 2.85. The highest BCUT2D eigenvalue weighted by Crippen LogP contribution is 2.19. The summed E-state index contributed by atoms with van der Waals surface area (Å²) in [6.07, 6.45) is 4.12. The van der Waals surface area contributed by atoms with Crippen LogP contribution in [0.5, 0.6) is 0 Å². The van der Waals surface area contributed by atoms with Crippen molar-refractivity contribution in [2.45, 2.75) is 39.7 Å². The first-order valence-electron chi connectivity index (χ1n) is 8.15. The average molecular weight is 326 g/mol. The van der Waals surface area contributed by atoms with Crippen LogP contribution in [-0.2, 0) is 13.0 Å². The molecular formula is C16H18N6O2. The summed E-state index contributed by atoms with van der Waals surface area (Å²) in [7, 11) is 0. The molecule has 0 atom stereocenters. The lowest BCUT2D eigenvalue weighted by molar-refractivity contribution is 0.577. The highest BCUT2D eigenvalue weighted by atomic mass is 16.3. The van der Waals surface area contributed by atoms with Crippen LogP contribution >= 0.6 is 0 Å². The zero-order valence-corrected chi connectivity index (χ0v) is 13.6. The first kappa shape index (κ1) is 14.7. The monoisotopic (exact) mass is 326 g/mol. The third-order valence-corrected chi connectivity index (χ3v) is 3.90. The van der Waals surface area contributed by atoms with Gasteiger partial charge >= 0.3 is 0 Å². The molecule has 0 aromatic carbocycles. The maximum atomic E-state index is 12.8. The number of fused-ring (bicyclic) bond motifs is 3. The normalized spacial score (nSPS) is 11.8. The van der Waals surface area contributed by atoms with Crippen molar-refractivity contribution < 1.29 is 4.42 Å². The number of aromatic nitrogens is 6. The fourth-order valence-electron chi connectivity index (χ4n) is 2.85. The van der Waals surface area contributed by atoms with Crippen molar-refractivity contribution in [1.82, 2.24) is 29.1 Å². The van der Waals surface area contributed by atoms with Crippen molar-refractivity contribution in [3.8, 4) is 11.6 Å². The molecule has 0 aliphatic heterocycles. The molecule has 0 unspecified atom stereocenters. The van der Waals surface area contributed by atoms with Gasteiger partial charge in [-0.15, -0.1) is 5.10 Å². The molecule has 0 fully saturated rings. The topological polar surface area (TPSA) is 94.0 Å². The van der Waals surface area contributed by atoms with Crippen molar-refractivity contribution in [2.75, 3.05) is 0 Å². The lowest BCUT2D eigenvalue weighted by atomic mass is 10.3. The second-order valence-electron chi connectivity index (χ2n) is 5.71. The van der Waals surface area contributed by atoms with Gasteiger partial charge in [0.15, 0.2) is 16.9 Å². The van der Waals surface area contributed by atoms with E-state index in [4.69, 9.17) is 4.42 Å². The third-order valence-electron chi connectivity index (χ3n) is 3.90. The molecule has 0 saturated carbocycles. The number of nitrogens with zero attached hydrogens (tertiary/aromatic N) is 5. The van der Waals surface area contributed by atoms with Crippen molar-refractivity contribution in [3.63, 3.8) is 0 Å². The molecule has 0 aliphatic carbocycles. The lowest BCUT2D eigenvalue weighted by Crippen LogP contribution is -2.23. The summed E-state index contributed by atoms with van der Waals surface area (Å²) in [4.78, 5) is 25.0. The minimum absolute atomic E-state index is 0.118. The number of hydrogen-bond acceptors (Lipinski definition) is 5. The molecule has 4 rings (SSSR count). The second-order valence-corrected chi connectivity index (χ2v) is 5.71. The van der Waals surface area contributed by atoms with Crippen LogP contribution in [0.4, 0.5) is 0 Å². The minimum atomic E-state index is -0.118. The molecule has 4 aromatic heterocycles. The lowest BCUT2D eigenvalue weighted by Gasteiger charge is -2.04. The van der Waals surface area contributed by atoms with Gasteiger partial charge in [-0.2, -0.15) is 9.50 Å². The average Bonchev–Trinajstić information content (AvgIpc) is 3.28. The van der Waals surface area contributed by atoms with Gasteiger partial charge in [0.25, 0.3) is 5.56 Å². The fraction of sp³-hybridized carbons (Fsp3) is 0.375. The molecular weight excluding hydrogens is 308 g/mol.